The van der Waals surface area contributed by atoms with E-state index in [-0.39, 0.29) is 5.56 Å². The third kappa shape index (κ3) is 4.99. The van der Waals surface area contributed by atoms with Crippen LogP contribution in [0.1, 0.15) is 50.5 Å². The summed E-state index contributed by atoms with van der Waals surface area (Å²) in [6.07, 6.45) is 6.70. The molecule has 0 radical (unpaired) electrons. The van der Waals surface area contributed by atoms with Crippen LogP contribution in [0, 0.1) is 0 Å². The molecule has 0 amide bonds. The fourth-order valence-electron chi connectivity index (χ4n) is 2.40. The van der Waals surface area contributed by atoms with Crippen LogP contribution in [-0.4, -0.2) is 21.8 Å². The number of aromatic amines is 1. The molecule has 0 atom stereocenters. The van der Waals surface area contributed by atoms with Crippen molar-refractivity contribution >= 4 is 11.8 Å². The Labute approximate surface area is 118 Å². The quantitative estimate of drug-likeness (QED) is 0.841. The SMILES string of the molecule is CCNCc1cc(=O)[nH]c(CSC2CCCCC2)n1. The summed E-state index contributed by atoms with van der Waals surface area (Å²) in [5.74, 6) is 1.64. The van der Waals surface area contributed by atoms with Crippen molar-refractivity contribution in [2.45, 2.75) is 56.6 Å². The first-order chi connectivity index (χ1) is 9.28. The lowest BCUT2D eigenvalue weighted by Gasteiger charge is -2.20. The van der Waals surface area contributed by atoms with Gasteiger partial charge in [-0.2, -0.15) is 11.8 Å². The van der Waals surface area contributed by atoms with E-state index in [1.807, 2.05) is 18.7 Å². The number of thioether (sulfide) groups is 1. The number of nitrogens with zero attached hydrogens (tertiary/aromatic N) is 1. The Morgan fingerprint density at radius 3 is 2.95 bits per heavy atom. The van der Waals surface area contributed by atoms with Gasteiger partial charge in [-0.1, -0.05) is 26.2 Å². The standard InChI is InChI=1S/C14H23N3OS/c1-2-15-9-11-8-14(18)17-13(16-11)10-19-12-6-4-3-5-7-12/h8,12,15H,2-7,9-10H2,1H3,(H,16,17,18). The Balaban J connectivity index is 1.91. The molecule has 1 heterocycles. The molecule has 5 heteroatoms. The van der Waals surface area contributed by atoms with E-state index >= 15 is 0 Å². The van der Waals surface area contributed by atoms with Gasteiger partial charge in [0.25, 0.3) is 5.56 Å². The molecule has 2 rings (SSSR count). The fraction of sp³-hybridized carbons (Fsp3) is 0.714. The molecule has 0 aromatic carbocycles. The molecule has 1 saturated carbocycles. The van der Waals surface area contributed by atoms with Gasteiger partial charge < -0.3 is 10.3 Å². The van der Waals surface area contributed by atoms with E-state index in [1.54, 1.807) is 6.07 Å². The summed E-state index contributed by atoms with van der Waals surface area (Å²) in [6, 6.07) is 1.58. The smallest absolute Gasteiger partial charge is 0.251 e. The van der Waals surface area contributed by atoms with Crippen LogP contribution in [0.25, 0.3) is 0 Å². The van der Waals surface area contributed by atoms with Gasteiger partial charge in [-0.15, -0.1) is 0 Å². The molecule has 1 aromatic rings. The molecule has 0 spiro atoms. The maximum Gasteiger partial charge on any atom is 0.251 e. The summed E-state index contributed by atoms with van der Waals surface area (Å²) in [4.78, 5) is 19.0. The molecule has 0 aliphatic heterocycles. The third-order valence-corrected chi connectivity index (χ3v) is 4.79. The van der Waals surface area contributed by atoms with Crippen LogP contribution in [0.4, 0.5) is 0 Å². The van der Waals surface area contributed by atoms with Gasteiger partial charge in [0.05, 0.1) is 11.4 Å². The predicted molar refractivity (Wildman–Crippen MR) is 80.4 cm³/mol. The summed E-state index contributed by atoms with van der Waals surface area (Å²) in [5, 5.41) is 3.95. The van der Waals surface area contributed by atoms with Crippen molar-refractivity contribution in [3.8, 4) is 0 Å². The summed E-state index contributed by atoms with van der Waals surface area (Å²) in [7, 11) is 0. The van der Waals surface area contributed by atoms with Crippen molar-refractivity contribution in [3.05, 3.63) is 27.9 Å². The van der Waals surface area contributed by atoms with Crippen molar-refractivity contribution in [1.29, 1.82) is 0 Å². The maximum absolute atomic E-state index is 11.6. The second kappa shape index (κ2) is 7.70. The van der Waals surface area contributed by atoms with Gasteiger partial charge in [-0.25, -0.2) is 4.98 Å². The zero-order valence-corrected chi connectivity index (χ0v) is 12.4. The summed E-state index contributed by atoms with van der Waals surface area (Å²) >= 11 is 1.94. The first-order valence-electron chi connectivity index (χ1n) is 7.19. The molecule has 0 bridgehead atoms. The minimum Gasteiger partial charge on any atom is -0.311 e. The number of hydrogen-bond acceptors (Lipinski definition) is 4. The minimum absolute atomic E-state index is 0.0397. The molecule has 1 aliphatic rings. The van der Waals surface area contributed by atoms with Gasteiger partial charge in [0.2, 0.25) is 0 Å². The highest BCUT2D eigenvalue weighted by Gasteiger charge is 2.14. The predicted octanol–water partition coefficient (Wildman–Crippen LogP) is 2.45. The fourth-order valence-corrected chi connectivity index (χ4v) is 3.60. The normalized spacial score (nSPS) is 16.7. The zero-order chi connectivity index (χ0) is 13.5. The van der Waals surface area contributed by atoms with Crippen LogP contribution in [-0.2, 0) is 12.3 Å². The number of aromatic nitrogens is 2. The zero-order valence-electron chi connectivity index (χ0n) is 11.6. The Kier molecular flexibility index (Phi) is 5.92. The number of hydrogen-bond donors (Lipinski definition) is 2. The molecule has 106 valence electrons. The van der Waals surface area contributed by atoms with Crippen LogP contribution >= 0.6 is 11.8 Å². The monoisotopic (exact) mass is 281 g/mol. The van der Waals surface area contributed by atoms with Crippen molar-refractivity contribution in [2.75, 3.05) is 6.54 Å². The summed E-state index contributed by atoms with van der Waals surface area (Å²) in [6.45, 7) is 3.61. The van der Waals surface area contributed by atoms with Gasteiger partial charge in [0, 0.05) is 17.9 Å². The van der Waals surface area contributed by atoms with E-state index < -0.39 is 0 Å². The molecule has 1 aliphatic carbocycles. The molecule has 0 saturated heterocycles. The molecule has 19 heavy (non-hydrogen) atoms. The van der Waals surface area contributed by atoms with Crippen LogP contribution in [0.2, 0.25) is 0 Å². The number of nitrogens with one attached hydrogen (secondary N) is 2. The molecule has 2 N–H and O–H groups in total. The molecule has 0 unspecified atom stereocenters. The maximum atomic E-state index is 11.6. The van der Waals surface area contributed by atoms with Crippen LogP contribution in [0.5, 0.6) is 0 Å². The Hall–Kier alpha value is -0.810. The lowest BCUT2D eigenvalue weighted by Crippen LogP contribution is -2.19. The minimum atomic E-state index is -0.0397. The largest absolute Gasteiger partial charge is 0.311 e. The first-order valence-corrected chi connectivity index (χ1v) is 8.24. The lowest BCUT2D eigenvalue weighted by molar-refractivity contribution is 0.516. The van der Waals surface area contributed by atoms with E-state index in [0.29, 0.717) is 6.54 Å². The molecule has 1 aromatic heterocycles. The molecular weight excluding hydrogens is 258 g/mol. The van der Waals surface area contributed by atoms with Gasteiger partial charge in [-0.05, 0) is 19.4 Å². The second-order valence-corrected chi connectivity index (χ2v) is 6.32. The van der Waals surface area contributed by atoms with Gasteiger partial charge in [-0.3, -0.25) is 4.79 Å². The van der Waals surface area contributed by atoms with Crippen molar-refractivity contribution in [1.82, 2.24) is 15.3 Å². The summed E-state index contributed by atoms with van der Waals surface area (Å²) < 4.78 is 0. The molecular formula is C14H23N3OS. The number of rotatable bonds is 6. The highest BCUT2D eigenvalue weighted by Crippen LogP contribution is 2.29. The summed E-state index contributed by atoms with van der Waals surface area (Å²) in [5.41, 5.74) is 0.798. The Morgan fingerprint density at radius 1 is 1.42 bits per heavy atom. The van der Waals surface area contributed by atoms with Crippen LogP contribution in [0.3, 0.4) is 0 Å². The third-order valence-electron chi connectivity index (χ3n) is 3.41. The first kappa shape index (κ1) is 14.6. The van der Waals surface area contributed by atoms with Crippen molar-refractivity contribution < 1.29 is 0 Å². The topological polar surface area (TPSA) is 57.8 Å². The van der Waals surface area contributed by atoms with Crippen molar-refractivity contribution in [2.24, 2.45) is 0 Å². The average Bonchev–Trinajstić information content (AvgIpc) is 2.43. The number of H-pyrrole nitrogens is 1. The van der Waals surface area contributed by atoms with E-state index in [2.05, 4.69) is 15.3 Å². The highest BCUT2D eigenvalue weighted by molar-refractivity contribution is 7.99. The second-order valence-electron chi connectivity index (χ2n) is 5.03. The lowest BCUT2D eigenvalue weighted by atomic mass is 10.0. The van der Waals surface area contributed by atoms with E-state index in [4.69, 9.17) is 0 Å². The van der Waals surface area contributed by atoms with Gasteiger partial charge >= 0.3 is 0 Å². The van der Waals surface area contributed by atoms with E-state index in [9.17, 15) is 4.79 Å². The Morgan fingerprint density at radius 2 is 2.21 bits per heavy atom. The molecule has 1 fully saturated rings. The van der Waals surface area contributed by atoms with E-state index in [1.165, 1.54) is 32.1 Å². The van der Waals surface area contributed by atoms with E-state index in [0.717, 1.165) is 29.1 Å². The average molecular weight is 281 g/mol. The highest BCUT2D eigenvalue weighted by atomic mass is 32.2. The van der Waals surface area contributed by atoms with Crippen LogP contribution in [0.15, 0.2) is 10.9 Å². The van der Waals surface area contributed by atoms with Crippen LogP contribution < -0.4 is 10.9 Å². The van der Waals surface area contributed by atoms with Gasteiger partial charge in [0.1, 0.15) is 5.82 Å². The van der Waals surface area contributed by atoms with Crippen molar-refractivity contribution in [3.63, 3.8) is 0 Å². The molecule has 4 nitrogen and oxygen atoms in total. The Bertz CT molecular complexity index is 441. The van der Waals surface area contributed by atoms with Gasteiger partial charge in [0.15, 0.2) is 0 Å².